The minimum absolute atomic E-state index is 0.0358. The van der Waals surface area contributed by atoms with E-state index in [1.165, 1.54) is 11.2 Å². The lowest BCUT2D eigenvalue weighted by atomic mass is 9.85. The van der Waals surface area contributed by atoms with Crippen molar-refractivity contribution in [3.8, 4) is 0 Å². The minimum atomic E-state index is -0.724. The average molecular weight is 494 g/mol. The van der Waals surface area contributed by atoms with E-state index < -0.39 is 17.7 Å². The molecule has 0 saturated carbocycles. The third-order valence-electron chi connectivity index (χ3n) is 5.66. The molecule has 1 amide bonds. The summed E-state index contributed by atoms with van der Waals surface area (Å²) in [4.78, 5) is 27.6. The van der Waals surface area contributed by atoms with E-state index in [9.17, 15) is 14.7 Å². The van der Waals surface area contributed by atoms with Crippen molar-refractivity contribution in [2.75, 3.05) is 0 Å². The Labute approximate surface area is 195 Å². The minimum Gasteiger partial charge on any atom is -0.507 e. The van der Waals surface area contributed by atoms with E-state index in [2.05, 4.69) is 36.7 Å². The number of ketones is 1. The molecular weight excluding hydrogens is 470 g/mol. The third-order valence-corrected chi connectivity index (χ3v) is 6.19. The number of furan rings is 1. The maximum atomic E-state index is 13.1. The fraction of sp³-hybridized carbons (Fsp3) is 0.231. The molecule has 1 N–H and O–H groups in total. The number of amides is 1. The van der Waals surface area contributed by atoms with Crippen molar-refractivity contribution in [3.05, 3.63) is 99.4 Å². The molecule has 5 nitrogen and oxygen atoms in total. The van der Waals surface area contributed by atoms with Crippen LogP contribution in [0.5, 0.6) is 0 Å². The molecule has 1 unspecified atom stereocenters. The zero-order chi connectivity index (χ0) is 23.0. The van der Waals surface area contributed by atoms with Gasteiger partial charge in [0.2, 0.25) is 0 Å². The summed E-state index contributed by atoms with van der Waals surface area (Å²) in [6.07, 6.45) is 1.53. The summed E-state index contributed by atoms with van der Waals surface area (Å²) >= 11 is 3.38. The summed E-state index contributed by atoms with van der Waals surface area (Å²) in [5, 5.41) is 11.1. The molecule has 1 saturated heterocycles. The normalized spacial score (nSPS) is 18.4. The zero-order valence-corrected chi connectivity index (χ0v) is 19.7. The van der Waals surface area contributed by atoms with Gasteiger partial charge in [-0.3, -0.25) is 9.59 Å². The van der Waals surface area contributed by atoms with Crippen LogP contribution in [-0.4, -0.2) is 21.7 Å². The summed E-state index contributed by atoms with van der Waals surface area (Å²) in [6, 6.07) is 17.6. The number of aliphatic hydroxyl groups is 1. The van der Waals surface area contributed by atoms with Crippen molar-refractivity contribution >= 4 is 33.4 Å². The van der Waals surface area contributed by atoms with Gasteiger partial charge in [0.1, 0.15) is 11.5 Å². The first kappa shape index (κ1) is 22.1. The SMILES string of the molecule is CC(C)(C)c1ccc(C2C(=C(O)c3ccc(Br)cc3)C(=O)C(=O)N2Cc2ccco2)cc1. The van der Waals surface area contributed by atoms with Gasteiger partial charge in [0.15, 0.2) is 0 Å². The summed E-state index contributed by atoms with van der Waals surface area (Å²) in [5.74, 6) is -0.999. The number of rotatable bonds is 4. The second kappa shape index (κ2) is 8.43. The molecule has 0 radical (unpaired) electrons. The molecule has 0 bridgehead atoms. The molecule has 164 valence electrons. The fourth-order valence-corrected chi connectivity index (χ4v) is 4.15. The Kier molecular flexibility index (Phi) is 5.82. The van der Waals surface area contributed by atoms with Gasteiger partial charge in [0, 0.05) is 10.0 Å². The van der Waals surface area contributed by atoms with E-state index in [0.29, 0.717) is 11.3 Å². The number of likely N-dealkylation sites (tertiary alicyclic amines) is 1. The topological polar surface area (TPSA) is 70.8 Å². The maximum Gasteiger partial charge on any atom is 0.296 e. The van der Waals surface area contributed by atoms with Crippen molar-refractivity contribution in [2.45, 2.75) is 38.8 Å². The van der Waals surface area contributed by atoms with E-state index in [4.69, 9.17) is 4.42 Å². The number of aliphatic hydroxyl groups excluding tert-OH is 1. The number of nitrogens with zero attached hydrogens (tertiary/aromatic N) is 1. The molecule has 1 aliphatic rings. The summed E-state index contributed by atoms with van der Waals surface area (Å²) < 4.78 is 6.28. The zero-order valence-electron chi connectivity index (χ0n) is 18.1. The number of halogens is 1. The highest BCUT2D eigenvalue weighted by Gasteiger charge is 2.46. The Balaban J connectivity index is 1.85. The van der Waals surface area contributed by atoms with Crippen molar-refractivity contribution in [3.63, 3.8) is 0 Å². The van der Waals surface area contributed by atoms with Crippen LogP contribution < -0.4 is 0 Å². The molecule has 1 aromatic heterocycles. The van der Waals surface area contributed by atoms with E-state index in [1.54, 1.807) is 36.4 Å². The molecule has 3 aromatic rings. The van der Waals surface area contributed by atoms with Crippen LogP contribution >= 0.6 is 15.9 Å². The Morgan fingerprint density at radius 3 is 2.25 bits per heavy atom. The summed E-state index contributed by atoms with van der Waals surface area (Å²) in [6.45, 7) is 6.50. The van der Waals surface area contributed by atoms with E-state index in [1.807, 2.05) is 24.3 Å². The lowest BCUT2D eigenvalue weighted by molar-refractivity contribution is -0.140. The molecule has 2 aromatic carbocycles. The second-order valence-corrected chi connectivity index (χ2v) is 9.80. The first-order valence-corrected chi connectivity index (χ1v) is 11.1. The molecule has 32 heavy (non-hydrogen) atoms. The Morgan fingerprint density at radius 2 is 1.69 bits per heavy atom. The molecule has 2 heterocycles. The van der Waals surface area contributed by atoms with Gasteiger partial charge in [-0.15, -0.1) is 0 Å². The standard InChI is InChI=1S/C26H24BrNO4/c1-26(2,3)18-10-6-16(7-11-18)22-21(23(29)17-8-12-19(27)13-9-17)24(30)25(31)28(22)15-20-5-4-14-32-20/h4-14,22,29H,15H2,1-3H3. The fourth-order valence-electron chi connectivity index (χ4n) is 3.89. The molecular formula is C26H24BrNO4. The van der Waals surface area contributed by atoms with E-state index in [0.717, 1.165) is 15.6 Å². The average Bonchev–Trinajstić information content (AvgIpc) is 3.36. The van der Waals surface area contributed by atoms with Crippen LogP contribution in [0.2, 0.25) is 0 Å². The maximum absolute atomic E-state index is 13.1. The molecule has 6 heteroatoms. The molecule has 1 aliphatic heterocycles. The second-order valence-electron chi connectivity index (χ2n) is 8.89. The largest absolute Gasteiger partial charge is 0.507 e. The number of Topliss-reactive ketones (excluding diaryl/α,β-unsaturated/α-hetero) is 1. The molecule has 4 rings (SSSR count). The van der Waals surface area contributed by atoms with Crippen molar-refractivity contribution in [1.82, 2.24) is 4.90 Å². The van der Waals surface area contributed by atoms with Crippen molar-refractivity contribution < 1.29 is 19.1 Å². The van der Waals surface area contributed by atoms with Gasteiger partial charge >= 0.3 is 0 Å². The first-order chi connectivity index (χ1) is 15.2. The lowest BCUT2D eigenvalue weighted by Gasteiger charge is -2.26. The first-order valence-electron chi connectivity index (χ1n) is 10.3. The summed E-state index contributed by atoms with van der Waals surface area (Å²) in [7, 11) is 0. The monoisotopic (exact) mass is 493 g/mol. The van der Waals surface area contributed by atoms with Crippen LogP contribution in [0, 0.1) is 0 Å². The van der Waals surface area contributed by atoms with Gasteiger partial charge in [-0.05, 0) is 40.8 Å². The van der Waals surface area contributed by atoms with Crippen LogP contribution in [0.1, 0.15) is 49.3 Å². The van der Waals surface area contributed by atoms with Crippen LogP contribution in [-0.2, 0) is 21.5 Å². The molecule has 0 aliphatic carbocycles. The number of benzene rings is 2. The van der Waals surface area contributed by atoms with Gasteiger partial charge in [0.05, 0.1) is 24.4 Å². The highest BCUT2D eigenvalue weighted by molar-refractivity contribution is 9.10. The Hall–Kier alpha value is -3.12. The lowest BCUT2D eigenvalue weighted by Crippen LogP contribution is -2.29. The van der Waals surface area contributed by atoms with Crippen LogP contribution in [0.4, 0.5) is 0 Å². The van der Waals surface area contributed by atoms with E-state index in [-0.39, 0.29) is 23.3 Å². The number of hydrogen-bond donors (Lipinski definition) is 1. The summed E-state index contributed by atoms with van der Waals surface area (Å²) in [5.41, 5.74) is 2.40. The number of hydrogen-bond acceptors (Lipinski definition) is 4. The Morgan fingerprint density at radius 1 is 1.03 bits per heavy atom. The van der Waals surface area contributed by atoms with Crippen LogP contribution in [0.25, 0.3) is 5.76 Å². The molecule has 1 atom stereocenters. The van der Waals surface area contributed by atoms with Crippen LogP contribution in [0.15, 0.2) is 81.4 Å². The van der Waals surface area contributed by atoms with Gasteiger partial charge in [-0.1, -0.05) is 73.1 Å². The highest BCUT2D eigenvalue weighted by atomic mass is 79.9. The molecule has 0 spiro atoms. The number of carbonyl (C=O) groups excluding carboxylic acids is 2. The predicted octanol–water partition coefficient (Wildman–Crippen LogP) is 5.96. The predicted molar refractivity (Wildman–Crippen MR) is 126 cm³/mol. The van der Waals surface area contributed by atoms with Crippen molar-refractivity contribution in [2.24, 2.45) is 0 Å². The van der Waals surface area contributed by atoms with E-state index >= 15 is 0 Å². The van der Waals surface area contributed by atoms with Gasteiger partial charge in [0.25, 0.3) is 11.7 Å². The Bertz CT molecular complexity index is 1170. The van der Waals surface area contributed by atoms with Crippen molar-refractivity contribution in [1.29, 1.82) is 0 Å². The van der Waals surface area contributed by atoms with Gasteiger partial charge in [-0.25, -0.2) is 0 Å². The van der Waals surface area contributed by atoms with Crippen LogP contribution in [0.3, 0.4) is 0 Å². The smallest absolute Gasteiger partial charge is 0.296 e. The van der Waals surface area contributed by atoms with Gasteiger partial charge in [-0.2, -0.15) is 0 Å². The highest BCUT2D eigenvalue weighted by Crippen LogP contribution is 2.41. The molecule has 1 fully saturated rings. The third kappa shape index (κ3) is 4.15. The van der Waals surface area contributed by atoms with Gasteiger partial charge < -0.3 is 14.4 Å². The quantitative estimate of drug-likeness (QED) is 0.276. The number of carbonyl (C=O) groups is 2.